The second-order valence-electron chi connectivity index (χ2n) is 7.22. The highest BCUT2D eigenvalue weighted by atomic mass is 16.2. The van der Waals surface area contributed by atoms with Crippen LogP contribution in [0, 0.1) is 6.92 Å². The van der Waals surface area contributed by atoms with Gasteiger partial charge in [-0.25, -0.2) is 9.78 Å². The zero-order valence-electron chi connectivity index (χ0n) is 16.6. The molecule has 0 aliphatic rings. The van der Waals surface area contributed by atoms with E-state index in [1.165, 1.54) is 0 Å². The molecule has 29 heavy (non-hydrogen) atoms. The second kappa shape index (κ2) is 8.19. The summed E-state index contributed by atoms with van der Waals surface area (Å²) in [6, 6.07) is 23.6. The molecule has 4 rings (SSSR count). The number of fused-ring (bicyclic) bond motifs is 1. The van der Waals surface area contributed by atoms with E-state index in [0.717, 1.165) is 52.2 Å². The lowest BCUT2D eigenvalue weighted by Crippen LogP contribution is -2.19. The Morgan fingerprint density at radius 2 is 1.66 bits per heavy atom. The monoisotopic (exact) mass is 384 g/mol. The highest BCUT2D eigenvalue weighted by Crippen LogP contribution is 2.18. The van der Waals surface area contributed by atoms with Crippen molar-refractivity contribution >= 4 is 28.4 Å². The molecule has 1 aromatic heterocycles. The van der Waals surface area contributed by atoms with E-state index in [9.17, 15) is 4.79 Å². The van der Waals surface area contributed by atoms with E-state index in [2.05, 4.69) is 34.4 Å². The average molecular weight is 384 g/mol. The number of para-hydroxylation sites is 2. The van der Waals surface area contributed by atoms with E-state index in [4.69, 9.17) is 4.98 Å². The lowest BCUT2D eigenvalue weighted by Gasteiger charge is -2.09. The van der Waals surface area contributed by atoms with Crippen molar-refractivity contribution in [1.82, 2.24) is 9.55 Å². The van der Waals surface area contributed by atoms with Crippen molar-refractivity contribution in [3.63, 3.8) is 0 Å². The van der Waals surface area contributed by atoms with Crippen molar-refractivity contribution in [3.05, 3.63) is 89.7 Å². The number of carbonyl (C=O) groups excluding carboxylic acids is 1. The summed E-state index contributed by atoms with van der Waals surface area (Å²) in [4.78, 5) is 17.0. The Kier molecular flexibility index (Phi) is 5.29. The molecule has 0 saturated heterocycles. The van der Waals surface area contributed by atoms with E-state index in [1.807, 2.05) is 67.6 Å². The third kappa shape index (κ3) is 4.46. The minimum Gasteiger partial charge on any atom is -0.331 e. The fourth-order valence-electron chi connectivity index (χ4n) is 3.41. The predicted molar refractivity (Wildman–Crippen MR) is 118 cm³/mol. The first-order valence-electron chi connectivity index (χ1n) is 9.72. The molecule has 5 heteroatoms. The maximum Gasteiger partial charge on any atom is 0.323 e. The van der Waals surface area contributed by atoms with Gasteiger partial charge >= 0.3 is 6.03 Å². The number of aryl methyl sites for hydroxylation is 4. The van der Waals surface area contributed by atoms with Crippen LogP contribution in [0.3, 0.4) is 0 Å². The number of nitrogens with one attached hydrogen (secondary N) is 2. The molecule has 0 radical (unpaired) electrons. The minimum atomic E-state index is -0.249. The first-order valence-corrected chi connectivity index (χ1v) is 9.72. The van der Waals surface area contributed by atoms with Gasteiger partial charge in [0, 0.05) is 24.8 Å². The summed E-state index contributed by atoms with van der Waals surface area (Å²) in [7, 11) is 2.05. The number of hydrogen-bond acceptors (Lipinski definition) is 2. The van der Waals surface area contributed by atoms with Gasteiger partial charge in [-0.05, 0) is 55.3 Å². The summed E-state index contributed by atoms with van der Waals surface area (Å²) in [5.74, 6) is 1.06. The minimum absolute atomic E-state index is 0.249. The zero-order valence-corrected chi connectivity index (χ0v) is 16.6. The highest BCUT2D eigenvalue weighted by Gasteiger charge is 2.08. The summed E-state index contributed by atoms with van der Waals surface area (Å²) >= 11 is 0. The fourth-order valence-corrected chi connectivity index (χ4v) is 3.41. The largest absolute Gasteiger partial charge is 0.331 e. The predicted octanol–water partition coefficient (Wildman–Crippen LogP) is 5.31. The topological polar surface area (TPSA) is 59.0 Å². The molecular weight excluding hydrogens is 360 g/mol. The van der Waals surface area contributed by atoms with Crippen LogP contribution in [0.5, 0.6) is 0 Å². The molecule has 0 aliphatic heterocycles. The number of amides is 2. The van der Waals surface area contributed by atoms with Crippen LogP contribution in [0.2, 0.25) is 0 Å². The number of hydrogen-bond donors (Lipinski definition) is 2. The first kappa shape index (κ1) is 18.7. The smallest absolute Gasteiger partial charge is 0.323 e. The van der Waals surface area contributed by atoms with Gasteiger partial charge in [0.2, 0.25) is 0 Å². The number of benzene rings is 3. The van der Waals surface area contributed by atoms with Crippen molar-refractivity contribution in [2.75, 3.05) is 10.6 Å². The number of aromatic nitrogens is 2. The normalized spacial score (nSPS) is 10.8. The molecule has 4 aromatic rings. The third-order valence-corrected chi connectivity index (χ3v) is 5.01. The summed E-state index contributed by atoms with van der Waals surface area (Å²) in [6.07, 6.45) is 1.69. The van der Waals surface area contributed by atoms with Gasteiger partial charge in [0.25, 0.3) is 0 Å². The molecule has 3 aromatic carbocycles. The Balaban J connectivity index is 1.39. The fraction of sp³-hybridized carbons (Fsp3) is 0.167. The molecule has 0 fully saturated rings. The van der Waals surface area contributed by atoms with E-state index in [1.54, 1.807) is 0 Å². The van der Waals surface area contributed by atoms with Gasteiger partial charge in [0.05, 0.1) is 11.0 Å². The third-order valence-electron chi connectivity index (χ3n) is 5.01. The molecule has 2 N–H and O–H groups in total. The molecule has 0 atom stereocenters. The van der Waals surface area contributed by atoms with Gasteiger partial charge in [-0.3, -0.25) is 0 Å². The number of rotatable bonds is 5. The van der Waals surface area contributed by atoms with Crippen LogP contribution < -0.4 is 10.6 Å². The van der Waals surface area contributed by atoms with Gasteiger partial charge in [0.15, 0.2) is 0 Å². The quantitative estimate of drug-likeness (QED) is 0.490. The van der Waals surface area contributed by atoms with E-state index >= 15 is 0 Å². The lowest BCUT2D eigenvalue weighted by molar-refractivity contribution is 0.262. The van der Waals surface area contributed by atoms with Crippen LogP contribution in [-0.2, 0) is 19.9 Å². The number of imidazole rings is 1. The molecule has 0 aliphatic carbocycles. The molecule has 0 bridgehead atoms. The van der Waals surface area contributed by atoms with Gasteiger partial charge in [-0.1, -0.05) is 42.0 Å². The standard InChI is InChI=1S/C24H24N4O/c1-17-10-13-19(14-11-17)25-24(29)26-20-7-5-6-18(16-20)12-15-23-27-21-8-3-4-9-22(21)28(23)2/h3-11,13-14,16H,12,15H2,1-2H3,(H2,25,26,29). The summed E-state index contributed by atoms with van der Waals surface area (Å²) < 4.78 is 2.15. The van der Waals surface area contributed by atoms with Crippen molar-refractivity contribution in [1.29, 1.82) is 0 Å². The average Bonchev–Trinajstić information content (AvgIpc) is 3.04. The molecule has 0 spiro atoms. The molecule has 5 nitrogen and oxygen atoms in total. The summed E-state index contributed by atoms with van der Waals surface area (Å²) in [6.45, 7) is 2.02. The maximum absolute atomic E-state index is 12.3. The van der Waals surface area contributed by atoms with Crippen LogP contribution in [0.1, 0.15) is 17.0 Å². The SMILES string of the molecule is Cc1ccc(NC(=O)Nc2cccc(CCc3nc4ccccc4n3C)c2)cc1. The lowest BCUT2D eigenvalue weighted by atomic mass is 10.1. The van der Waals surface area contributed by atoms with Crippen molar-refractivity contribution in [2.24, 2.45) is 7.05 Å². The van der Waals surface area contributed by atoms with Crippen LogP contribution in [-0.4, -0.2) is 15.6 Å². The van der Waals surface area contributed by atoms with E-state index in [-0.39, 0.29) is 6.03 Å². The Hall–Kier alpha value is -3.60. The molecule has 2 amide bonds. The maximum atomic E-state index is 12.3. The number of anilines is 2. The van der Waals surface area contributed by atoms with E-state index in [0.29, 0.717) is 0 Å². The molecule has 146 valence electrons. The van der Waals surface area contributed by atoms with Crippen LogP contribution in [0.4, 0.5) is 16.2 Å². The Morgan fingerprint density at radius 3 is 2.45 bits per heavy atom. The first-order chi connectivity index (χ1) is 14.1. The van der Waals surface area contributed by atoms with Crippen LogP contribution in [0.25, 0.3) is 11.0 Å². The van der Waals surface area contributed by atoms with Gasteiger partial charge in [-0.15, -0.1) is 0 Å². The summed E-state index contributed by atoms with van der Waals surface area (Å²) in [5, 5.41) is 5.76. The number of carbonyl (C=O) groups is 1. The van der Waals surface area contributed by atoms with Gasteiger partial charge in [-0.2, -0.15) is 0 Å². The Bertz CT molecular complexity index is 1150. The summed E-state index contributed by atoms with van der Waals surface area (Å²) in [5.41, 5.74) is 6.02. The molecular formula is C24H24N4O. The van der Waals surface area contributed by atoms with Crippen LogP contribution >= 0.6 is 0 Å². The van der Waals surface area contributed by atoms with Crippen molar-refractivity contribution < 1.29 is 4.79 Å². The van der Waals surface area contributed by atoms with Crippen molar-refractivity contribution in [2.45, 2.75) is 19.8 Å². The van der Waals surface area contributed by atoms with Gasteiger partial charge < -0.3 is 15.2 Å². The number of urea groups is 1. The number of nitrogens with zero attached hydrogens (tertiary/aromatic N) is 2. The molecule has 0 unspecified atom stereocenters. The van der Waals surface area contributed by atoms with Gasteiger partial charge in [0.1, 0.15) is 5.82 Å². The molecule has 1 heterocycles. The van der Waals surface area contributed by atoms with E-state index < -0.39 is 0 Å². The van der Waals surface area contributed by atoms with Crippen molar-refractivity contribution in [3.8, 4) is 0 Å². The molecule has 0 saturated carbocycles. The zero-order chi connectivity index (χ0) is 20.2. The Labute approximate surface area is 170 Å². The van der Waals surface area contributed by atoms with Crippen LogP contribution in [0.15, 0.2) is 72.8 Å². The highest BCUT2D eigenvalue weighted by molar-refractivity contribution is 5.99. The second-order valence-corrected chi connectivity index (χ2v) is 7.22. The Morgan fingerprint density at radius 1 is 0.897 bits per heavy atom.